The van der Waals surface area contributed by atoms with Crippen LogP contribution in [0.4, 0.5) is 0 Å². The van der Waals surface area contributed by atoms with Gasteiger partial charge in [0.1, 0.15) is 12.4 Å². The average molecular weight is 434 g/mol. The van der Waals surface area contributed by atoms with Crippen LogP contribution in [0.5, 0.6) is 5.75 Å². The van der Waals surface area contributed by atoms with Crippen molar-refractivity contribution in [1.29, 1.82) is 0 Å². The molecule has 0 unspecified atom stereocenters. The van der Waals surface area contributed by atoms with Gasteiger partial charge in [0.2, 0.25) is 0 Å². The molecule has 7 heteroatoms. The Hall–Kier alpha value is -2.08. The monoisotopic (exact) mass is 433 g/mol. The number of carbonyl (C=O) groups is 1. The Morgan fingerprint density at radius 3 is 2.69 bits per heavy atom. The fourth-order valence-corrected chi connectivity index (χ4v) is 3.69. The van der Waals surface area contributed by atoms with E-state index in [9.17, 15) is 4.79 Å². The predicted octanol–water partition coefficient (Wildman–Crippen LogP) is 4.94. The van der Waals surface area contributed by atoms with Crippen molar-refractivity contribution in [2.24, 2.45) is 5.10 Å². The first-order chi connectivity index (χ1) is 14.1. The van der Waals surface area contributed by atoms with E-state index in [0.717, 1.165) is 18.4 Å². The van der Waals surface area contributed by atoms with Gasteiger partial charge in [-0.25, -0.2) is 5.43 Å². The van der Waals surface area contributed by atoms with Crippen molar-refractivity contribution in [3.05, 3.63) is 63.6 Å². The molecule has 0 bridgehead atoms. The third-order valence-electron chi connectivity index (χ3n) is 4.80. The highest BCUT2D eigenvalue weighted by atomic mass is 35.5. The van der Waals surface area contributed by atoms with Gasteiger partial charge in [-0.05, 0) is 48.7 Å². The van der Waals surface area contributed by atoms with Crippen molar-refractivity contribution >= 4 is 35.3 Å². The van der Waals surface area contributed by atoms with Gasteiger partial charge in [-0.15, -0.1) is 0 Å². The number of amides is 1. The Morgan fingerprint density at radius 2 is 1.90 bits per heavy atom. The number of benzene rings is 2. The molecule has 1 aliphatic rings. The van der Waals surface area contributed by atoms with E-state index in [2.05, 4.69) is 15.8 Å². The van der Waals surface area contributed by atoms with Gasteiger partial charge in [0.15, 0.2) is 0 Å². The molecule has 0 radical (unpaired) electrons. The number of ether oxygens (including phenoxy) is 1. The van der Waals surface area contributed by atoms with Crippen molar-refractivity contribution in [2.45, 2.75) is 44.8 Å². The van der Waals surface area contributed by atoms with Gasteiger partial charge in [0.05, 0.1) is 12.8 Å². The second-order valence-electron chi connectivity index (χ2n) is 7.11. The first-order valence-electron chi connectivity index (χ1n) is 9.82. The van der Waals surface area contributed by atoms with Gasteiger partial charge in [-0.2, -0.15) is 5.10 Å². The summed E-state index contributed by atoms with van der Waals surface area (Å²) in [6.07, 6.45) is 7.54. The summed E-state index contributed by atoms with van der Waals surface area (Å²) in [4.78, 5) is 12.0. The number of hydrazone groups is 1. The van der Waals surface area contributed by atoms with Gasteiger partial charge in [-0.3, -0.25) is 4.79 Å². The zero-order valence-corrected chi connectivity index (χ0v) is 17.7. The summed E-state index contributed by atoms with van der Waals surface area (Å²) in [6, 6.07) is 13.2. The molecular formula is C22H25Cl2N3O2. The molecule has 0 heterocycles. The molecule has 0 spiro atoms. The molecule has 5 nitrogen and oxygen atoms in total. The third kappa shape index (κ3) is 7.35. The standard InChI is InChI=1S/C22H25Cl2N3O2/c23-18-6-4-5-16(11-18)15-29-21-10-9-19(24)12-17(21)13-26-27-22(28)14-25-20-7-2-1-3-8-20/h4-6,9-13,20,25H,1-3,7-8,14-15H2,(H,27,28)/b26-13-. The maximum atomic E-state index is 12.0. The van der Waals surface area contributed by atoms with Crippen LogP contribution < -0.4 is 15.5 Å². The van der Waals surface area contributed by atoms with Gasteiger partial charge in [0.25, 0.3) is 5.91 Å². The van der Waals surface area contributed by atoms with E-state index in [1.807, 2.05) is 24.3 Å². The summed E-state index contributed by atoms with van der Waals surface area (Å²) in [5.41, 5.74) is 4.19. The van der Waals surface area contributed by atoms with Crippen LogP contribution in [0, 0.1) is 0 Å². The SMILES string of the molecule is O=C(CNC1CCCCC1)N/N=C\c1cc(Cl)ccc1OCc1cccc(Cl)c1. The van der Waals surface area contributed by atoms with Crippen LogP contribution in [0.15, 0.2) is 47.6 Å². The Kier molecular flexibility index (Phi) is 8.35. The van der Waals surface area contributed by atoms with Crippen LogP contribution >= 0.6 is 23.2 Å². The molecule has 154 valence electrons. The topological polar surface area (TPSA) is 62.7 Å². The van der Waals surface area contributed by atoms with Crippen LogP contribution in [-0.4, -0.2) is 24.7 Å². The molecule has 29 heavy (non-hydrogen) atoms. The number of halogens is 2. The Balaban J connectivity index is 1.53. The second-order valence-corrected chi connectivity index (χ2v) is 7.98. The highest BCUT2D eigenvalue weighted by Gasteiger charge is 2.13. The summed E-state index contributed by atoms with van der Waals surface area (Å²) in [5.74, 6) is 0.447. The van der Waals surface area contributed by atoms with E-state index < -0.39 is 0 Å². The lowest BCUT2D eigenvalue weighted by atomic mass is 9.95. The van der Waals surface area contributed by atoms with Gasteiger partial charge in [0, 0.05) is 21.7 Å². The first-order valence-corrected chi connectivity index (χ1v) is 10.6. The molecule has 1 saturated carbocycles. The maximum absolute atomic E-state index is 12.0. The lowest BCUT2D eigenvalue weighted by molar-refractivity contribution is -0.120. The number of hydrogen-bond acceptors (Lipinski definition) is 4. The number of hydrogen-bond donors (Lipinski definition) is 2. The van der Waals surface area contributed by atoms with Crippen molar-refractivity contribution in [3.8, 4) is 5.75 Å². The van der Waals surface area contributed by atoms with Gasteiger partial charge < -0.3 is 10.1 Å². The Bertz CT molecular complexity index is 852. The van der Waals surface area contributed by atoms with E-state index in [0.29, 0.717) is 34.0 Å². The van der Waals surface area contributed by atoms with Gasteiger partial charge in [-0.1, -0.05) is 54.6 Å². The van der Waals surface area contributed by atoms with E-state index in [1.165, 1.54) is 25.5 Å². The molecule has 3 rings (SSSR count). The second kappa shape index (κ2) is 11.2. The lowest BCUT2D eigenvalue weighted by Gasteiger charge is -2.22. The molecule has 1 aliphatic carbocycles. The smallest absolute Gasteiger partial charge is 0.254 e. The average Bonchev–Trinajstić information content (AvgIpc) is 2.72. The van der Waals surface area contributed by atoms with Crippen LogP contribution in [0.3, 0.4) is 0 Å². The summed E-state index contributed by atoms with van der Waals surface area (Å²) in [6.45, 7) is 0.621. The highest BCUT2D eigenvalue weighted by molar-refractivity contribution is 6.31. The summed E-state index contributed by atoms with van der Waals surface area (Å²) in [5, 5.41) is 8.57. The van der Waals surface area contributed by atoms with E-state index >= 15 is 0 Å². The Morgan fingerprint density at radius 1 is 1.10 bits per heavy atom. The normalized spacial score (nSPS) is 14.8. The first kappa shape index (κ1) is 21.6. The number of nitrogens with zero attached hydrogens (tertiary/aromatic N) is 1. The minimum atomic E-state index is -0.171. The van der Waals surface area contributed by atoms with Crippen molar-refractivity contribution < 1.29 is 9.53 Å². The molecule has 0 saturated heterocycles. The van der Waals surface area contributed by atoms with Crippen LogP contribution in [-0.2, 0) is 11.4 Å². The van der Waals surface area contributed by atoms with E-state index in [4.69, 9.17) is 27.9 Å². The summed E-state index contributed by atoms with van der Waals surface area (Å²) >= 11 is 12.1. The Labute approximate surface area is 181 Å². The lowest BCUT2D eigenvalue weighted by Crippen LogP contribution is -2.38. The largest absolute Gasteiger partial charge is 0.488 e. The number of nitrogens with one attached hydrogen (secondary N) is 2. The molecule has 2 aromatic carbocycles. The van der Waals surface area contributed by atoms with Crippen LogP contribution in [0.2, 0.25) is 10.0 Å². The molecule has 1 fully saturated rings. The molecular weight excluding hydrogens is 409 g/mol. The van der Waals surface area contributed by atoms with Gasteiger partial charge >= 0.3 is 0 Å². The molecule has 0 atom stereocenters. The van der Waals surface area contributed by atoms with Crippen LogP contribution in [0.1, 0.15) is 43.2 Å². The molecule has 2 aromatic rings. The number of rotatable bonds is 8. The fraction of sp³-hybridized carbons (Fsp3) is 0.364. The molecule has 0 aromatic heterocycles. The maximum Gasteiger partial charge on any atom is 0.254 e. The molecule has 1 amide bonds. The van der Waals surface area contributed by atoms with Crippen molar-refractivity contribution in [2.75, 3.05) is 6.54 Å². The minimum absolute atomic E-state index is 0.171. The zero-order chi connectivity index (χ0) is 20.5. The minimum Gasteiger partial charge on any atom is -0.488 e. The highest BCUT2D eigenvalue weighted by Crippen LogP contribution is 2.23. The quantitative estimate of drug-likeness (QED) is 0.457. The van der Waals surface area contributed by atoms with E-state index in [-0.39, 0.29) is 12.5 Å². The molecule has 0 aliphatic heterocycles. The summed E-state index contributed by atoms with van der Waals surface area (Å²) < 4.78 is 5.88. The predicted molar refractivity (Wildman–Crippen MR) is 118 cm³/mol. The van der Waals surface area contributed by atoms with Crippen molar-refractivity contribution in [3.63, 3.8) is 0 Å². The zero-order valence-electron chi connectivity index (χ0n) is 16.2. The van der Waals surface area contributed by atoms with Crippen LogP contribution in [0.25, 0.3) is 0 Å². The molecule has 2 N–H and O–H groups in total. The third-order valence-corrected chi connectivity index (χ3v) is 5.27. The van der Waals surface area contributed by atoms with E-state index in [1.54, 1.807) is 18.2 Å². The fourth-order valence-electron chi connectivity index (χ4n) is 3.30. The number of carbonyl (C=O) groups excluding carboxylic acids is 1. The summed E-state index contributed by atoms with van der Waals surface area (Å²) in [7, 11) is 0. The van der Waals surface area contributed by atoms with Crippen molar-refractivity contribution in [1.82, 2.24) is 10.7 Å².